The summed E-state index contributed by atoms with van der Waals surface area (Å²) in [5, 5.41) is 6.62. The summed E-state index contributed by atoms with van der Waals surface area (Å²) in [6.07, 6.45) is 6.61. The van der Waals surface area contributed by atoms with Crippen molar-refractivity contribution in [2.75, 3.05) is 20.2 Å². The van der Waals surface area contributed by atoms with Gasteiger partial charge in [-0.25, -0.2) is 0 Å². The highest BCUT2D eigenvalue weighted by Gasteiger charge is 2.06. The van der Waals surface area contributed by atoms with Crippen LogP contribution in [-0.4, -0.2) is 31.4 Å². The molecule has 3 nitrogen and oxygen atoms in total. The van der Waals surface area contributed by atoms with Crippen LogP contribution in [0.5, 0.6) is 5.75 Å². The number of ether oxygens (including phenoxy) is 1. The van der Waals surface area contributed by atoms with Crippen molar-refractivity contribution in [2.24, 2.45) is 5.10 Å². The Morgan fingerprint density at radius 2 is 2.18 bits per heavy atom. The Bertz CT molecular complexity index is 370. The quantitative estimate of drug-likeness (QED) is 0.729. The van der Waals surface area contributed by atoms with Crippen LogP contribution < -0.4 is 4.74 Å². The van der Waals surface area contributed by atoms with E-state index in [9.17, 15) is 0 Å². The molecule has 1 fully saturated rings. The highest BCUT2D eigenvalue weighted by atomic mass is 16.5. The molecule has 1 aromatic rings. The summed E-state index contributed by atoms with van der Waals surface area (Å²) >= 11 is 0. The summed E-state index contributed by atoms with van der Waals surface area (Å²) in [6.45, 7) is 2.24. The second kappa shape index (κ2) is 6.28. The number of hydrogen-bond donors (Lipinski definition) is 0. The van der Waals surface area contributed by atoms with E-state index in [4.69, 9.17) is 4.74 Å². The predicted molar refractivity (Wildman–Crippen MR) is 70.6 cm³/mol. The van der Waals surface area contributed by atoms with Crippen LogP contribution in [-0.2, 0) is 6.42 Å². The van der Waals surface area contributed by atoms with Crippen molar-refractivity contribution >= 4 is 6.21 Å². The van der Waals surface area contributed by atoms with E-state index >= 15 is 0 Å². The van der Waals surface area contributed by atoms with E-state index in [1.54, 1.807) is 7.11 Å². The van der Waals surface area contributed by atoms with E-state index < -0.39 is 0 Å². The molecule has 0 bridgehead atoms. The highest BCUT2D eigenvalue weighted by Crippen LogP contribution is 2.13. The fourth-order valence-electron chi connectivity index (χ4n) is 2.05. The summed E-state index contributed by atoms with van der Waals surface area (Å²) in [4.78, 5) is 0. The molecule has 1 aliphatic rings. The molecule has 0 amide bonds. The lowest BCUT2D eigenvalue weighted by Gasteiger charge is -2.08. The molecule has 0 radical (unpaired) electrons. The minimum absolute atomic E-state index is 0.930. The Morgan fingerprint density at radius 3 is 2.94 bits per heavy atom. The zero-order valence-electron chi connectivity index (χ0n) is 10.4. The number of benzene rings is 1. The maximum absolute atomic E-state index is 5.20. The normalized spacial score (nSPS) is 15.7. The van der Waals surface area contributed by atoms with Gasteiger partial charge in [-0.2, -0.15) is 5.10 Å². The molecule has 0 spiro atoms. The summed E-state index contributed by atoms with van der Waals surface area (Å²) in [5.74, 6) is 0.930. The highest BCUT2D eigenvalue weighted by molar-refractivity contribution is 5.57. The van der Waals surface area contributed by atoms with E-state index in [2.05, 4.69) is 22.2 Å². The van der Waals surface area contributed by atoms with Gasteiger partial charge in [-0.3, -0.25) is 5.01 Å². The largest absolute Gasteiger partial charge is 0.497 e. The third-order valence-corrected chi connectivity index (χ3v) is 3.02. The van der Waals surface area contributed by atoms with Gasteiger partial charge >= 0.3 is 0 Å². The fraction of sp³-hybridized carbons (Fsp3) is 0.500. The van der Waals surface area contributed by atoms with Gasteiger partial charge in [0.25, 0.3) is 0 Å². The summed E-state index contributed by atoms with van der Waals surface area (Å²) in [6, 6.07) is 8.23. The van der Waals surface area contributed by atoms with Crippen LogP contribution in [0.4, 0.5) is 0 Å². The van der Waals surface area contributed by atoms with Crippen LogP contribution in [0.2, 0.25) is 0 Å². The third-order valence-electron chi connectivity index (χ3n) is 3.02. The fourth-order valence-corrected chi connectivity index (χ4v) is 2.05. The monoisotopic (exact) mass is 232 g/mol. The standard InChI is InChI=1S/C14H20N2O/c1-17-14-8-4-6-13(12-14)7-5-9-15-16-10-2-3-11-16/h4,6,8-9,12H,2-3,5,7,10-11H2,1H3/b15-9+. The minimum Gasteiger partial charge on any atom is -0.497 e. The second-order valence-corrected chi connectivity index (χ2v) is 4.35. The van der Waals surface area contributed by atoms with Gasteiger partial charge in [-0.1, -0.05) is 12.1 Å². The van der Waals surface area contributed by atoms with Gasteiger partial charge in [0.2, 0.25) is 0 Å². The molecule has 0 atom stereocenters. The molecule has 1 saturated heterocycles. The van der Waals surface area contributed by atoms with E-state index in [0.717, 1.165) is 31.7 Å². The summed E-state index contributed by atoms with van der Waals surface area (Å²) in [7, 11) is 1.70. The lowest BCUT2D eigenvalue weighted by Crippen LogP contribution is -2.11. The van der Waals surface area contributed by atoms with Gasteiger partial charge in [0.1, 0.15) is 5.75 Å². The first-order valence-corrected chi connectivity index (χ1v) is 6.29. The number of methoxy groups -OCH3 is 1. The topological polar surface area (TPSA) is 24.8 Å². The van der Waals surface area contributed by atoms with Crippen molar-refractivity contribution in [1.29, 1.82) is 0 Å². The Kier molecular flexibility index (Phi) is 4.42. The maximum atomic E-state index is 5.20. The number of nitrogens with zero attached hydrogens (tertiary/aromatic N) is 2. The van der Waals surface area contributed by atoms with Crippen LogP contribution in [0, 0.1) is 0 Å². The maximum Gasteiger partial charge on any atom is 0.119 e. The first-order valence-electron chi connectivity index (χ1n) is 6.29. The van der Waals surface area contributed by atoms with Gasteiger partial charge in [0.05, 0.1) is 7.11 Å². The second-order valence-electron chi connectivity index (χ2n) is 4.35. The van der Waals surface area contributed by atoms with E-state index in [1.165, 1.54) is 18.4 Å². The van der Waals surface area contributed by atoms with Crippen molar-refractivity contribution in [3.05, 3.63) is 29.8 Å². The Morgan fingerprint density at radius 1 is 1.35 bits per heavy atom. The lowest BCUT2D eigenvalue weighted by molar-refractivity contribution is 0.361. The molecule has 92 valence electrons. The van der Waals surface area contributed by atoms with Gasteiger partial charge < -0.3 is 4.74 Å². The number of rotatable bonds is 5. The molecule has 3 heteroatoms. The smallest absolute Gasteiger partial charge is 0.119 e. The predicted octanol–water partition coefficient (Wildman–Crippen LogP) is 2.71. The molecule has 0 unspecified atom stereocenters. The molecular weight excluding hydrogens is 212 g/mol. The number of aryl methyl sites for hydroxylation is 1. The van der Waals surface area contributed by atoms with Crippen molar-refractivity contribution in [3.63, 3.8) is 0 Å². The van der Waals surface area contributed by atoms with Crippen LogP contribution in [0.3, 0.4) is 0 Å². The third kappa shape index (κ3) is 3.77. The molecule has 0 N–H and O–H groups in total. The molecule has 0 saturated carbocycles. The van der Waals surface area contributed by atoms with Crippen LogP contribution in [0.25, 0.3) is 0 Å². The Hall–Kier alpha value is -1.51. The average molecular weight is 232 g/mol. The van der Waals surface area contributed by atoms with Crippen molar-refractivity contribution in [3.8, 4) is 5.75 Å². The zero-order chi connectivity index (χ0) is 11.9. The molecule has 0 aliphatic carbocycles. The average Bonchev–Trinajstić information content (AvgIpc) is 2.88. The number of hydrazone groups is 1. The van der Waals surface area contributed by atoms with Crippen molar-refractivity contribution in [1.82, 2.24) is 5.01 Å². The summed E-state index contributed by atoms with van der Waals surface area (Å²) < 4.78 is 5.20. The molecule has 2 rings (SSSR count). The van der Waals surface area contributed by atoms with Crippen molar-refractivity contribution in [2.45, 2.75) is 25.7 Å². The van der Waals surface area contributed by atoms with Gasteiger partial charge in [0.15, 0.2) is 0 Å². The van der Waals surface area contributed by atoms with Crippen LogP contribution in [0.15, 0.2) is 29.4 Å². The summed E-state index contributed by atoms with van der Waals surface area (Å²) in [5.41, 5.74) is 1.30. The first kappa shape index (κ1) is 12.0. The molecule has 1 aliphatic heterocycles. The van der Waals surface area contributed by atoms with Gasteiger partial charge in [0, 0.05) is 19.3 Å². The van der Waals surface area contributed by atoms with Gasteiger partial charge in [-0.05, 0) is 43.4 Å². The SMILES string of the molecule is COc1cccc(CC/C=N/N2CCCC2)c1. The molecule has 17 heavy (non-hydrogen) atoms. The van der Waals surface area contributed by atoms with E-state index in [1.807, 2.05) is 18.3 Å². The van der Waals surface area contributed by atoms with E-state index in [-0.39, 0.29) is 0 Å². The Balaban J connectivity index is 1.76. The molecule has 0 aromatic heterocycles. The molecule has 1 aromatic carbocycles. The van der Waals surface area contributed by atoms with Crippen LogP contribution in [0.1, 0.15) is 24.8 Å². The van der Waals surface area contributed by atoms with E-state index in [0.29, 0.717) is 0 Å². The molecular formula is C14H20N2O. The van der Waals surface area contributed by atoms with Crippen LogP contribution >= 0.6 is 0 Å². The van der Waals surface area contributed by atoms with Gasteiger partial charge in [-0.15, -0.1) is 0 Å². The molecule has 1 heterocycles. The Labute approximate surface area is 103 Å². The first-order chi connectivity index (χ1) is 8.38. The minimum atomic E-state index is 0.930. The zero-order valence-corrected chi connectivity index (χ0v) is 10.4. The number of hydrogen-bond acceptors (Lipinski definition) is 3. The lowest BCUT2D eigenvalue weighted by atomic mass is 10.1. The van der Waals surface area contributed by atoms with Crippen molar-refractivity contribution < 1.29 is 4.74 Å².